The molecule has 2 N–H and O–H groups in total. The highest BCUT2D eigenvalue weighted by molar-refractivity contribution is 5.54. The highest BCUT2D eigenvalue weighted by Gasteiger charge is 2.18. The Hall–Kier alpha value is -1.29. The molecule has 0 amide bonds. The Bertz CT molecular complexity index is 398. The van der Waals surface area contributed by atoms with Crippen molar-refractivity contribution in [3.8, 4) is 0 Å². The van der Waals surface area contributed by atoms with E-state index >= 15 is 0 Å². The average molecular weight is 251 g/mol. The summed E-state index contributed by atoms with van der Waals surface area (Å²) in [7, 11) is 0. The third-order valence-electron chi connectivity index (χ3n) is 3.34. The van der Waals surface area contributed by atoms with Crippen molar-refractivity contribution in [3.05, 3.63) is 24.0 Å². The molecule has 18 heavy (non-hydrogen) atoms. The molecule has 0 radical (unpaired) electrons. The topological polar surface area (TPSA) is 32.5 Å². The van der Waals surface area contributed by atoms with Crippen molar-refractivity contribution in [1.82, 2.24) is 4.90 Å². The molecule has 1 saturated heterocycles. The molecule has 0 atom stereocenters. The maximum atomic E-state index is 13.4. The normalized spacial score (nSPS) is 17.4. The summed E-state index contributed by atoms with van der Waals surface area (Å²) in [5.74, 6) is 0.377. The fourth-order valence-corrected chi connectivity index (χ4v) is 2.42. The van der Waals surface area contributed by atoms with Gasteiger partial charge in [0.15, 0.2) is 0 Å². The third-order valence-corrected chi connectivity index (χ3v) is 3.34. The largest absolute Gasteiger partial charge is 0.396 e. The van der Waals surface area contributed by atoms with Gasteiger partial charge in [-0.1, -0.05) is 13.8 Å². The van der Waals surface area contributed by atoms with Crippen molar-refractivity contribution in [1.29, 1.82) is 0 Å². The maximum Gasteiger partial charge on any atom is 0.148 e. The zero-order chi connectivity index (χ0) is 13.1. The third kappa shape index (κ3) is 3.13. The van der Waals surface area contributed by atoms with Crippen molar-refractivity contribution in [2.45, 2.75) is 13.8 Å². The van der Waals surface area contributed by atoms with Crippen LogP contribution in [0.2, 0.25) is 0 Å². The molecular formula is C14H22FN3. The summed E-state index contributed by atoms with van der Waals surface area (Å²) in [6.07, 6.45) is 0. The van der Waals surface area contributed by atoms with Gasteiger partial charge in [0, 0.05) is 38.4 Å². The van der Waals surface area contributed by atoms with Gasteiger partial charge in [-0.05, 0) is 24.1 Å². The zero-order valence-corrected chi connectivity index (χ0v) is 11.2. The van der Waals surface area contributed by atoms with Crippen molar-refractivity contribution >= 4 is 11.4 Å². The van der Waals surface area contributed by atoms with E-state index in [-0.39, 0.29) is 11.5 Å². The molecule has 3 nitrogen and oxygen atoms in total. The van der Waals surface area contributed by atoms with E-state index in [9.17, 15) is 4.39 Å². The Morgan fingerprint density at radius 1 is 1.22 bits per heavy atom. The molecule has 0 spiro atoms. The van der Waals surface area contributed by atoms with E-state index in [1.54, 1.807) is 6.07 Å². The van der Waals surface area contributed by atoms with Gasteiger partial charge in [0.1, 0.15) is 5.82 Å². The second-order valence-corrected chi connectivity index (χ2v) is 5.39. The summed E-state index contributed by atoms with van der Waals surface area (Å²) in [6, 6.07) is 5.08. The molecule has 1 aromatic carbocycles. The zero-order valence-electron chi connectivity index (χ0n) is 11.2. The van der Waals surface area contributed by atoms with E-state index in [0.29, 0.717) is 5.92 Å². The molecule has 1 aliphatic rings. The van der Waals surface area contributed by atoms with Crippen LogP contribution in [0.1, 0.15) is 13.8 Å². The van der Waals surface area contributed by atoms with Crippen LogP contribution in [0.3, 0.4) is 0 Å². The number of nitrogens with two attached hydrogens (primary N) is 1. The van der Waals surface area contributed by atoms with Crippen molar-refractivity contribution in [2.75, 3.05) is 43.4 Å². The summed E-state index contributed by atoms with van der Waals surface area (Å²) in [5.41, 5.74) is 6.65. The Kier molecular flexibility index (Phi) is 4.07. The lowest BCUT2D eigenvalue weighted by Crippen LogP contribution is -2.47. The van der Waals surface area contributed by atoms with Crippen molar-refractivity contribution in [3.63, 3.8) is 0 Å². The fraction of sp³-hybridized carbons (Fsp3) is 0.571. The molecule has 1 aliphatic heterocycles. The minimum absolute atomic E-state index is 0.220. The molecule has 1 aromatic rings. The van der Waals surface area contributed by atoms with Gasteiger partial charge in [0.25, 0.3) is 0 Å². The molecule has 100 valence electrons. The maximum absolute atomic E-state index is 13.4. The molecule has 1 fully saturated rings. The molecule has 0 unspecified atom stereocenters. The molecule has 4 heteroatoms. The van der Waals surface area contributed by atoms with Gasteiger partial charge in [-0.3, -0.25) is 4.90 Å². The summed E-state index contributed by atoms with van der Waals surface area (Å²) in [4.78, 5) is 4.69. The van der Waals surface area contributed by atoms with Crippen LogP contribution in [-0.4, -0.2) is 37.6 Å². The lowest BCUT2D eigenvalue weighted by Gasteiger charge is -2.36. The molecule has 0 saturated carbocycles. The minimum atomic E-state index is -0.322. The number of hydrogen-bond acceptors (Lipinski definition) is 3. The highest BCUT2D eigenvalue weighted by atomic mass is 19.1. The van der Waals surface area contributed by atoms with Gasteiger partial charge < -0.3 is 10.6 Å². The Morgan fingerprint density at radius 2 is 1.89 bits per heavy atom. The quantitative estimate of drug-likeness (QED) is 0.836. The lowest BCUT2D eigenvalue weighted by atomic mass is 10.1. The monoisotopic (exact) mass is 251 g/mol. The SMILES string of the molecule is CC(C)CN1CCN(c2ccc(N)c(F)c2)CC1. The van der Waals surface area contributed by atoms with Gasteiger partial charge in [0.05, 0.1) is 5.69 Å². The first-order valence-corrected chi connectivity index (χ1v) is 6.58. The van der Waals surface area contributed by atoms with Crippen LogP contribution in [0.15, 0.2) is 18.2 Å². The Balaban J connectivity index is 1.94. The number of halogens is 1. The highest BCUT2D eigenvalue weighted by Crippen LogP contribution is 2.21. The number of nitrogen functional groups attached to an aromatic ring is 1. The molecule has 0 aromatic heterocycles. The van der Waals surface area contributed by atoms with E-state index < -0.39 is 0 Å². The van der Waals surface area contributed by atoms with E-state index in [1.807, 2.05) is 6.07 Å². The lowest BCUT2D eigenvalue weighted by molar-refractivity contribution is 0.231. The van der Waals surface area contributed by atoms with Crippen LogP contribution in [0.25, 0.3) is 0 Å². The number of hydrogen-bond donors (Lipinski definition) is 1. The smallest absolute Gasteiger partial charge is 0.148 e. The van der Waals surface area contributed by atoms with Crippen molar-refractivity contribution < 1.29 is 4.39 Å². The number of benzene rings is 1. The molecular weight excluding hydrogens is 229 g/mol. The van der Waals surface area contributed by atoms with Gasteiger partial charge in [-0.15, -0.1) is 0 Å². The first-order chi connectivity index (χ1) is 8.56. The molecule has 2 rings (SSSR count). The summed E-state index contributed by atoms with van der Waals surface area (Å²) in [6.45, 7) is 9.62. The second-order valence-electron chi connectivity index (χ2n) is 5.39. The van der Waals surface area contributed by atoms with E-state index in [2.05, 4.69) is 23.6 Å². The summed E-state index contributed by atoms with van der Waals surface area (Å²) >= 11 is 0. The van der Waals surface area contributed by atoms with E-state index in [0.717, 1.165) is 38.4 Å². The minimum Gasteiger partial charge on any atom is -0.396 e. The second kappa shape index (κ2) is 5.57. The number of piperazine rings is 1. The van der Waals surface area contributed by atoms with Gasteiger partial charge >= 0.3 is 0 Å². The van der Waals surface area contributed by atoms with Gasteiger partial charge in [0.2, 0.25) is 0 Å². The number of anilines is 2. The molecule has 1 heterocycles. The van der Waals surface area contributed by atoms with Crippen LogP contribution in [0.5, 0.6) is 0 Å². The first-order valence-electron chi connectivity index (χ1n) is 6.58. The average Bonchev–Trinajstić information content (AvgIpc) is 2.33. The molecule has 0 bridgehead atoms. The van der Waals surface area contributed by atoms with Crippen LogP contribution in [0.4, 0.5) is 15.8 Å². The van der Waals surface area contributed by atoms with Crippen LogP contribution in [0, 0.1) is 11.7 Å². The Morgan fingerprint density at radius 3 is 2.44 bits per heavy atom. The Labute approximate surface area is 108 Å². The summed E-state index contributed by atoms with van der Waals surface area (Å²) < 4.78 is 13.4. The van der Waals surface area contributed by atoms with Gasteiger partial charge in [-0.2, -0.15) is 0 Å². The molecule has 0 aliphatic carbocycles. The van der Waals surface area contributed by atoms with E-state index in [4.69, 9.17) is 5.73 Å². The first kappa shape index (κ1) is 13.1. The van der Waals surface area contributed by atoms with Crippen LogP contribution < -0.4 is 10.6 Å². The summed E-state index contributed by atoms with van der Waals surface area (Å²) in [5, 5.41) is 0. The predicted octanol–water partition coefficient (Wildman–Crippen LogP) is 2.19. The number of rotatable bonds is 3. The van der Waals surface area contributed by atoms with Gasteiger partial charge in [-0.25, -0.2) is 4.39 Å². The predicted molar refractivity (Wildman–Crippen MR) is 74.3 cm³/mol. The van der Waals surface area contributed by atoms with Crippen molar-refractivity contribution in [2.24, 2.45) is 5.92 Å². The standard InChI is InChI=1S/C14H22FN3/c1-11(2)10-17-5-7-18(8-6-17)12-3-4-14(16)13(15)9-12/h3-4,9,11H,5-8,10,16H2,1-2H3. The van der Waals surface area contributed by atoms with Crippen LogP contribution >= 0.6 is 0 Å². The van der Waals surface area contributed by atoms with Crippen LogP contribution in [-0.2, 0) is 0 Å². The fourth-order valence-electron chi connectivity index (χ4n) is 2.42. The number of nitrogens with zero attached hydrogens (tertiary/aromatic N) is 2. The van der Waals surface area contributed by atoms with E-state index in [1.165, 1.54) is 6.07 Å².